The Kier molecular flexibility index (Phi) is 7.67. The Morgan fingerprint density at radius 2 is 1.80 bits per heavy atom. The summed E-state index contributed by atoms with van der Waals surface area (Å²) in [6, 6.07) is 17.9. The van der Waals surface area contributed by atoms with E-state index in [2.05, 4.69) is 13.0 Å². The fourth-order valence-electron chi connectivity index (χ4n) is 4.86. The summed E-state index contributed by atoms with van der Waals surface area (Å²) in [5, 5.41) is 9.42. The highest BCUT2D eigenvalue weighted by Crippen LogP contribution is 2.25. The zero-order valence-corrected chi connectivity index (χ0v) is 21.0. The number of ether oxygens (including phenoxy) is 1. The van der Waals surface area contributed by atoms with Crippen LogP contribution in [0.15, 0.2) is 53.3 Å². The van der Waals surface area contributed by atoms with E-state index in [1.807, 2.05) is 69.3 Å². The highest BCUT2D eigenvalue weighted by Gasteiger charge is 2.27. The molecule has 1 aliphatic rings. The SMILES string of the molecule is CCCc1nc(C)n(OC2CC(C)OC(C)C2)c(=O)c1Cc1ccc(-c2ccccc2C#N)cc1. The van der Waals surface area contributed by atoms with Gasteiger partial charge in [-0.2, -0.15) is 5.26 Å². The van der Waals surface area contributed by atoms with E-state index >= 15 is 0 Å². The fourth-order valence-corrected chi connectivity index (χ4v) is 4.86. The lowest BCUT2D eigenvalue weighted by Crippen LogP contribution is -2.43. The van der Waals surface area contributed by atoms with Gasteiger partial charge in [0.1, 0.15) is 11.9 Å². The van der Waals surface area contributed by atoms with Gasteiger partial charge in [0.05, 0.1) is 29.5 Å². The lowest BCUT2D eigenvalue weighted by Gasteiger charge is -2.32. The molecule has 0 saturated carbocycles. The normalized spacial score (nSPS) is 19.8. The molecular formula is C29H33N3O3. The van der Waals surface area contributed by atoms with E-state index in [0.717, 1.165) is 48.1 Å². The van der Waals surface area contributed by atoms with E-state index in [4.69, 9.17) is 14.6 Å². The summed E-state index contributed by atoms with van der Waals surface area (Å²) in [6.45, 7) is 8.00. The van der Waals surface area contributed by atoms with Crippen molar-refractivity contribution in [1.29, 1.82) is 5.26 Å². The van der Waals surface area contributed by atoms with E-state index in [0.29, 0.717) is 23.4 Å². The van der Waals surface area contributed by atoms with Crippen molar-refractivity contribution in [3.8, 4) is 17.2 Å². The first kappa shape index (κ1) is 24.7. The Hall–Kier alpha value is -3.43. The van der Waals surface area contributed by atoms with Crippen molar-refractivity contribution in [3.63, 3.8) is 0 Å². The molecule has 6 nitrogen and oxygen atoms in total. The minimum atomic E-state index is -0.133. The molecule has 2 heterocycles. The molecule has 0 amide bonds. The average Bonchev–Trinajstić information content (AvgIpc) is 2.84. The third kappa shape index (κ3) is 5.63. The Morgan fingerprint density at radius 1 is 1.11 bits per heavy atom. The maximum atomic E-state index is 13.6. The molecule has 0 spiro atoms. The molecular weight excluding hydrogens is 438 g/mol. The molecule has 3 aromatic rings. The average molecular weight is 472 g/mol. The highest BCUT2D eigenvalue weighted by molar-refractivity contribution is 5.70. The molecule has 1 saturated heterocycles. The minimum absolute atomic E-state index is 0.0867. The molecule has 0 N–H and O–H groups in total. The second-order valence-electron chi connectivity index (χ2n) is 9.42. The van der Waals surface area contributed by atoms with Crippen LogP contribution in [0.1, 0.15) is 68.2 Å². The van der Waals surface area contributed by atoms with E-state index in [1.54, 1.807) is 0 Å². The third-order valence-corrected chi connectivity index (χ3v) is 6.47. The molecule has 0 radical (unpaired) electrons. The van der Waals surface area contributed by atoms with Gasteiger partial charge in [0, 0.05) is 24.8 Å². The van der Waals surface area contributed by atoms with Gasteiger partial charge >= 0.3 is 0 Å². The molecule has 0 bridgehead atoms. The van der Waals surface area contributed by atoms with Gasteiger partial charge in [-0.15, -0.1) is 4.73 Å². The van der Waals surface area contributed by atoms with Crippen LogP contribution in [0, 0.1) is 18.3 Å². The number of hydrogen-bond donors (Lipinski definition) is 0. The van der Waals surface area contributed by atoms with Crippen LogP contribution in [0.3, 0.4) is 0 Å². The topological polar surface area (TPSA) is 77.1 Å². The maximum Gasteiger partial charge on any atom is 0.290 e. The van der Waals surface area contributed by atoms with Crippen molar-refractivity contribution < 1.29 is 9.57 Å². The number of nitrogens with zero attached hydrogens (tertiary/aromatic N) is 3. The maximum absolute atomic E-state index is 13.6. The summed E-state index contributed by atoms with van der Waals surface area (Å²) in [5.74, 6) is 0.581. The lowest BCUT2D eigenvalue weighted by atomic mass is 9.97. The molecule has 0 aliphatic carbocycles. The molecule has 1 fully saturated rings. The molecule has 2 unspecified atom stereocenters. The smallest absolute Gasteiger partial charge is 0.290 e. The summed E-state index contributed by atoms with van der Waals surface area (Å²) in [4.78, 5) is 24.6. The molecule has 1 aromatic heterocycles. The summed E-state index contributed by atoms with van der Waals surface area (Å²) >= 11 is 0. The fraction of sp³-hybridized carbons (Fsp3) is 0.414. The number of aromatic nitrogens is 2. The zero-order chi connectivity index (χ0) is 24.9. The number of benzene rings is 2. The first-order valence-electron chi connectivity index (χ1n) is 12.4. The Balaban J connectivity index is 1.64. The van der Waals surface area contributed by atoms with Crippen molar-refractivity contribution >= 4 is 0 Å². The molecule has 6 heteroatoms. The number of aryl methyl sites for hydroxylation is 2. The van der Waals surface area contributed by atoms with Crippen LogP contribution >= 0.6 is 0 Å². The summed E-state index contributed by atoms with van der Waals surface area (Å²) in [7, 11) is 0. The van der Waals surface area contributed by atoms with Crippen LogP contribution in [0.4, 0.5) is 0 Å². The predicted octanol–water partition coefficient (Wildman–Crippen LogP) is 5.02. The van der Waals surface area contributed by atoms with E-state index in [-0.39, 0.29) is 23.9 Å². The van der Waals surface area contributed by atoms with Crippen LogP contribution in [0.25, 0.3) is 11.1 Å². The summed E-state index contributed by atoms with van der Waals surface area (Å²) in [6.07, 6.45) is 3.71. The Bertz CT molecular complexity index is 1260. The third-order valence-electron chi connectivity index (χ3n) is 6.47. The largest absolute Gasteiger partial charge is 0.406 e. The predicted molar refractivity (Wildman–Crippen MR) is 136 cm³/mol. The van der Waals surface area contributed by atoms with Gasteiger partial charge in [-0.25, -0.2) is 4.98 Å². The van der Waals surface area contributed by atoms with Gasteiger partial charge in [-0.3, -0.25) is 4.79 Å². The standard InChI is InChI=1S/C29H33N3O3/c1-5-8-28-27(17-22-11-13-23(14-12-22)26-10-7-6-9-24(26)18-30)29(33)32(21(4)31-28)35-25-15-19(2)34-20(3)16-25/h6-7,9-14,19-20,25H,5,8,15-17H2,1-4H3. The zero-order valence-electron chi connectivity index (χ0n) is 21.0. The monoisotopic (exact) mass is 471 g/mol. The molecule has 2 aromatic carbocycles. The molecule has 1 aliphatic heterocycles. The minimum Gasteiger partial charge on any atom is -0.406 e. The quantitative estimate of drug-likeness (QED) is 0.484. The van der Waals surface area contributed by atoms with Crippen molar-refractivity contribution in [1.82, 2.24) is 9.71 Å². The van der Waals surface area contributed by atoms with Gasteiger partial charge in [-0.05, 0) is 49.9 Å². The van der Waals surface area contributed by atoms with Gasteiger partial charge in [0.25, 0.3) is 5.56 Å². The Labute approximate surface area is 207 Å². The van der Waals surface area contributed by atoms with Crippen LogP contribution in [-0.2, 0) is 17.6 Å². The first-order valence-corrected chi connectivity index (χ1v) is 12.4. The van der Waals surface area contributed by atoms with E-state index in [1.165, 1.54) is 4.73 Å². The van der Waals surface area contributed by atoms with Gasteiger partial charge in [-0.1, -0.05) is 55.8 Å². The van der Waals surface area contributed by atoms with Gasteiger partial charge < -0.3 is 9.57 Å². The van der Waals surface area contributed by atoms with Crippen molar-refractivity contribution in [2.24, 2.45) is 0 Å². The second kappa shape index (κ2) is 10.9. The summed E-state index contributed by atoms with van der Waals surface area (Å²) in [5.41, 5.74) is 4.92. The lowest BCUT2D eigenvalue weighted by molar-refractivity contribution is -0.107. The molecule has 182 valence electrons. The van der Waals surface area contributed by atoms with Gasteiger partial charge in [0.15, 0.2) is 0 Å². The van der Waals surface area contributed by atoms with Crippen molar-refractivity contribution in [2.45, 2.75) is 78.1 Å². The highest BCUT2D eigenvalue weighted by atomic mass is 16.7. The van der Waals surface area contributed by atoms with E-state index < -0.39 is 0 Å². The van der Waals surface area contributed by atoms with Crippen molar-refractivity contribution in [2.75, 3.05) is 0 Å². The van der Waals surface area contributed by atoms with E-state index in [9.17, 15) is 10.1 Å². The molecule has 4 rings (SSSR count). The Morgan fingerprint density at radius 3 is 2.46 bits per heavy atom. The molecule has 35 heavy (non-hydrogen) atoms. The first-order chi connectivity index (χ1) is 16.9. The number of nitriles is 1. The van der Waals surface area contributed by atoms with Crippen molar-refractivity contribution in [3.05, 3.63) is 87.1 Å². The van der Waals surface area contributed by atoms with Crippen LogP contribution in [0.5, 0.6) is 0 Å². The summed E-state index contributed by atoms with van der Waals surface area (Å²) < 4.78 is 7.21. The van der Waals surface area contributed by atoms with Crippen LogP contribution in [0.2, 0.25) is 0 Å². The molecule has 2 atom stereocenters. The number of hydrogen-bond acceptors (Lipinski definition) is 5. The number of rotatable bonds is 7. The second-order valence-corrected chi connectivity index (χ2v) is 9.42. The van der Waals surface area contributed by atoms with Crippen LogP contribution in [-0.4, -0.2) is 28.0 Å². The van der Waals surface area contributed by atoms with Gasteiger partial charge in [0.2, 0.25) is 0 Å². The van der Waals surface area contributed by atoms with Crippen LogP contribution < -0.4 is 10.4 Å².